The van der Waals surface area contributed by atoms with E-state index in [4.69, 9.17) is 9.84 Å². The molecule has 19 heavy (non-hydrogen) atoms. The van der Waals surface area contributed by atoms with E-state index in [0.29, 0.717) is 0 Å². The lowest BCUT2D eigenvalue weighted by Crippen LogP contribution is -2.28. The number of ether oxygens (including phenoxy) is 1. The van der Waals surface area contributed by atoms with Crippen LogP contribution in [0.3, 0.4) is 0 Å². The minimum absolute atomic E-state index is 0.0504. The fraction of sp³-hybridized carbons (Fsp3) is 0.308. The standard InChI is InChI=1S/C13H15NO5/c1-2-19-11(15)7-8-14-12(16)9-5-3-4-6-10(9)13(17)18/h3-6H,2,7-8H2,1H3,(H,14,16)(H,17,18). The summed E-state index contributed by atoms with van der Waals surface area (Å²) >= 11 is 0. The summed E-state index contributed by atoms with van der Waals surface area (Å²) in [6.07, 6.45) is 0.0504. The zero-order valence-electron chi connectivity index (χ0n) is 10.5. The zero-order valence-corrected chi connectivity index (χ0v) is 10.5. The number of benzene rings is 1. The number of hydrogen-bond donors (Lipinski definition) is 2. The van der Waals surface area contributed by atoms with Gasteiger partial charge in [0.25, 0.3) is 5.91 Å². The molecule has 1 rings (SSSR count). The molecule has 0 heterocycles. The van der Waals surface area contributed by atoms with E-state index in [1.165, 1.54) is 12.1 Å². The number of hydrogen-bond acceptors (Lipinski definition) is 4. The van der Waals surface area contributed by atoms with E-state index in [2.05, 4.69) is 5.32 Å². The van der Waals surface area contributed by atoms with Crippen molar-refractivity contribution in [3.05, 3.63) is 35.4 Å². The number of carbonyl (C=O) groups excluding carboxylic acids is 2. The largest absolute Gasteiger partial charge is 0.478 e. The van der Waals surface area contributed by atoms with Crippen molar-refractivity contribution in [1.82, 2.24) is 5.32 Å². The summed E-state index contributed by atoms with van der Waals surface area (Å²) in [5.74, 6) is -2.10. The van der Waals surface area contributed by atoms with Gasteiger partial charge < -0.3 is 15.2 Å². The molecule has 0 spiro atoms. The molecule has 0 atom stereocenters. The van der Waals surface area contributed by atoms with Crippen molar-refractivity contribution in [3.63, 3.8) is 0 Å². The van der Waals surface area contributed by atoms with Crippen LogP contribution >= 0.6 is 0 Å². The van der Waals surface area contributed by atoms with Crippen LogP contribution in [-0.4, -0.2) is 36.1 Å². The first-order valence-corrected chi connectivity index (χ1v) is 5.82. The first-order valence-electron chi connectivity index (χ1n) is 5.82. The Labute approximate surface area is 110 Å². The summed E-state index contributed by atoms with van der Waals surface area (Å²) in [5, 5.41) is 11.4. The normalized spacial score (nSPS) is 9.74. The SMILES string of the molecule is CCOC(=O)CCNC(=O)c1ccccc1C(=O)O. The molecule has 6 nitrogen and oxygen atoms in total. The lowest BCUT2D eigenvalue weighted by atomic mass is 10.1. The molecule has 0 radical (unpaired) electrons. The maximum Gasteiger partial charge on any atom is 0.336 e. The number of carbonyl (C=O) groups is 3. The molecule has 0 saturated carbocycles. The molecule has 0 fully saturated rings. The number of esters is 1. The molecule has 0 aromatic heterocycles. The third kappa shape index (κ3) is 4.42. The summed E-state index contributed by atoms with van der Waals surface area (Å²) in [7, 11) is 0. The number of amides is 1. The minimum Gasteiger partial charge on any atom is -0.478 e. The molecule has 0 aliphatic rings. The molecule has 0 aliphatic carbocycles. The quantitative estimate of drug-likeness (QED) is 0.750. The molecule has 102 valence electrons. The maximum atomic E-state index is 11.8. The van der Waals surface area contributed by atoms with Crippen molar-refractivity contribution >= 4 is 17.8 Å². The van der Waals surface area contributed by atoms with E-state index in [1.807, 2.05) is 0 Å². The minimum atomic E-state index is -1.17. The number of carboxylic acid groups (broad SMARTS) is 1. The Balaban J connectivity index is 2.59. The van der Waals surface area contributed by atoms with Gasteiger partial charge in [0.05, 0.1) is 24.2 Å². The van der Waals surface area contributed by atoms with Crippen LogP contribution in [-0.2, 0) is 9.53 Å². The van der Waals surface area contributed by atoms with Gasteiger partial charge in [-0.25, -0.2) is 4.79 Å². The molecule has 0 unspecified atom stereocenters. The van der Waals surface area contributed by atoms with Gasteiger partial charge in [0.1, 0.15) is 0 Å². The van der Waals surface area contributed by atoms with E-state index in [1.54, 1.807) is 19.1 Å². The highest BCUT2D eigenvalue weighted by Crippen LogP contribution is 2.08. The second-order valence-electron chi connectivity index (χ2n) is 3.66. The van der Waals surface area contributed by atoms with Gasteiger partial charge in [0.15, 0.2) is 0 Å². The molecule has 2 N–H and O–H groups in total. The summed E-state index contributed by atoms with van der Waals surface area (Å²) < 4.78 is 4.71. The summed E-state index contributed by atoms with van der Waals surface area (Å²) in [6.45, 7) is 2.08. The number of aromatic carboxylic acids is 1. The molecular formula is C13H15NO5. The van der Waals surface area contributed by atoms with Crippen LogP contribution in [0.15, 0.2) is 24.3 Å². The van der Waals surface area contributed by atoms with E-state index >= 15 is 0 Å². The van der Waals surface area contributed by atoms with Crippen LogP contribution in [0.25, 0.3) is 0 Å². The van der Waals surface area contributed by atoms with Gasteiger partial charge in [-0.15, -0.1) is 0 Å². The fourth-order valence-electron chi connectivity index (χ4n) is 1.47. The van der Waals surface area contributed by atoms with Crippen LogP contribution in [0.1, 0.15) is 34.1 Å². The molecular weight excluding hydrogens is 250 g/mol. The first kappa shape index (κ1) is 14.7. The summed E-state index contributed by atoms with van der Waals surface area (Å²) in [4.78, 5) is 33.8. The predicted molar refractivity (Wildman–Crippen MR) is 67.0 cm³/mol. The third-order valence-electron chi connectivity index (χ3n) is 2.32. The van der Waals surface area contributed by atoms with Crippen LogP contribution in [0.2, 0.25) is 0 Å². The van der Waals surface area contributed by atoms with Crippen molar-refractivity contribution in [1.29, 1.82) is 0 Å². The van der Waals surface area contributed by atoms with E-state index in [-0.39, 0.29) is 30.7 Å². The molecule has 0 bridgehead atoms. The average Bonchev–Trinajstić information content (AvgIpc) is 2.38. The van der Waals surface area contributed by atoms with E-state index < -0.39 is 17.8 Å². The van der Waals surface area contributed by atoms with Gasteiger partial charge in [0, 0.05) is 6.54 Å². The fourth-order valence-corrected chi connectivity index (χ4v) is 1.47. The molecule has 0 aliphatic heterocycles. The number of rotatable bonds is 6. The van der Waals surface area contributed by atoms with Gasteiger partial charge in [-0.05, 0) is 19.1 Å². The Bertz CT molecular complexity index is 484. The van der Waals surface area contributed by atoms with Crippen molar-refractivity contribution in [2.75, 3.05) is 13.2 Å². The van der Waals surface area contributed by atoms with Crippen molar-refractivity contribution < 1.29 is 24.2 Å². The first-order chi connectivity index (χ1) is 9.06. The van der Waals surface area contributed by atoms with Crippen molar-refractivity contribution in [2.24, 2.45) is 0 Å². The molecule has 6 heteroatoms. The van der Waals surface area contributed by atoms with E-state index in [9.17, 15) is 14.4 Å². The van der Waals surface area contributed by atoms with Crippen LogP contribution in [0.5, 0.6) is 0 Å². The van der Waals surface area contributed by atoms with Gasteiger partial charge in [-0.2, -0.15) is 0 Å². The summed E-state index contributed by atoms with van der Waals surface area (Å²) in [6, 6.07) is 5.89. The molecule has 1 amide bonds. The lowest BCUT2D eigenvalue weighted by molar-refractivity contribution is -0.142. The average molecular weight is 265 g/mol. The number of carboxylic acids is 1. The van der Waals surface area contributed by atoms with Gasteiger partial charge in [0.2, 0.25) is 0 Å². The highest BCUT2D eigenvalue weighted by atomic mass is 16.5. The van der Waals surface area contributed by atoms with Gasteiger partial charge >= 0.3 is 11.9 Å². The second-order valence-corrected chi connectivity index (χ2v) is 3.66. The highest BCUT2D eigenvalue weighted by molar-refractivity contribution is 6.04. The second kappa shape index (κ2) is 7.15. The van der Waals surface area contributed by atoms with Crippen LogP contribution in [0, 0.1) is 0 Å². The van der Waals surface area contributed by atoms with E-state index in [0.717, 1.165) is 0 Å². The Hall–Kier alpha value is -2.37. The highest BCUT2D eigenvalue weighted by Gasteiger charge is 2.15. The Morgan fingerprint density at radius 1 is 1.21 bits per heavy atom. The van der Waals surface area contributed by atoms with Crippen LogP contribution < -0.4 is 5.32 Å². The predicted octanol–water partition coefficient (Wildman–Crippen LogP) is 1.07. The van der Waals surface area contributed by atoms with Crippen molar-refractivity contribution in [2.45, 2.75) is 13.3 Å². The topological polar surface area (TPSA) is 92.7 Å². The number of nitrogens with one attached hydrogen (secondary N) is 1. The van der Waals surface area contributed by atoms with Crippen LogP contribution in [0.4, 0.5) is 0 Å². The Morgan fingerprint density at radius 3 is 2.42 bits per heavy atom. The smallest absolute Gasteiger partial charge is 0.336 e. The maximum absolute atomic E-state index is 11.8. The Kier molecular flexibility index (Phi) is 5.53. The lowest BCUT2D eigenvalue weighted by Gasteiger charge is -2.07. The molecule has 1 aromatic rings. The summed E-state index contributed by atoms with van der Waals surface area (Å²) in [5.41, 5.74) is -0.00464. The molecule has 0 saturated heterocycles. The molecule has 1 aromatic carbocycles. The van der Waals surface area contributed by atoms with Crippen molar-refractivity contribution in [3.8, 4) is 0 Å². The van der Waals surface area contributed by atoms with Gasteiger partial charge in [-0.3, -0.25) is 9.59 Å². The monoisotopic (exact) mass is 265 g/mol. The Morgan fingerprint density at radius 2 is 1.84 bits per heavy atom. The third-order valence-corrected chi connectivity index (χ3v) is 2.32. The van der Waals surface area contributed by atoms with Gasteiger partial charge in [-0.1, -0.05) is 12.1 Å². The zero-order chi connectivity index (χ0) is 14.3.